The van der Waals surface area contributed by atoms with Gasteiger partial charge in [0.1, 0.15) is 5.15 Å². The number of hydrogen-bond donors (Lipinski definition) is 2. The lowest BCUT2D eigenvalue weighted by atomic mass is 10.1. The normalized spacial score (nSPS) is 12.7. The monoisotopic (exact) mass is 316 g/mol. The van der Waals surface area contributed by atoms with E-state index in [0.29, 0.717) is 28.2 Å². The van der Waals surface area contributed by atoms with Crippen LogP contribution in [0.15, 0.2) is 24.5 Å². The first-order valence-electron chi connectivity index (χ1n) is 6.35. The summed E-state index contributed by atoms with van der Waals surface area (Å²) in [4.78, 5) is 3.96. The maximum atomic E-state index is 12.6. The minimum atomic E-state index is -2.69. The second-order valence-corrected chi connectivity index (χ2v) is 5.07. The van der Waals surface area contributed by atoms with Gasteiger partial charge in [-0.25, -0.2) is 9.67 Å². The van der Waals surface area contributed by atoms with Crippen LogP contribution in [0.5, 0.6) is 0 Å². The molecule has 0 bridgehead atoms. The highest BCUT2D eigenvalue weighted by atomic mass is 35.5. The number of rotatable bonds is 6. The van der Waals surface area contributed by atoms with Crippen LogP contribution in [0.1, 0.15) is 13.5 Å². The number of pyridine rings is 1. The summed E-state index contributed by atoms with van der Waals surface area (Å²) in [7, 11) is 0. The fourth-order valence-corrected chi connectivity index (χ4v) is 1.88. The number of hydrogen-bond acceptors (Lipinski definition) is 4. The van der Waals surface area contributed by atoms with Crippen molar-refractivity contribution in [2.45, 2.75) is 13.5 Å². The van der Waals surface area contributed by atoms with Gasteiger partial charge in [0.15, 0.2) is 0 Å². The van der Waals surface area contributed by atoms with Crippen LogP contribution in [0.2, 0.25) is 5.15 Å². The molecule has 1 unspecified atom stereocenters. The predicted octanol–water partition coefficient (Wildman–Crippen LogP) is 3.03. The Morgan fingerprint density at radius 1 is 1.48 bits per heavy atom. The number of anilines is 1. The molecule has 114 valence electrons. The second kappa shape index (κ2) is 6.82. The van der Waals surface area contributed by atoms with E-state index in [9.17, 15) is 8.78 Å². The first kappa shape index (κ1) is 15.7. The molecule has 21 heavy (non-hydrogen) atoms. The standard InChI is InChI=1S/C13H15ClF2N4O/c1-8(7-21)5-17-11-4-12(14)18-6-9(11)10-2-3-20(19-10)13(15)16/h2-4,6,8,13,21H,5,7H2,1H3,(H,17,18). The van der Waals surface area contributed by atoms with E-state index >= 15 is 0 Å². The lowest BCUT2D eigenvalue weighted by Gasteiger charge is -2.13. The summed E-state index contributed by atoms with van der Waals surface area (Å²) in [5, 5.41) is 16.3. The highest BCUT2D eigenvalue weighted by Crippen LogP contribution is 2.28. The highest BCUT2D eigenvalue weighted by molar-refractivity contribution is 6.29. The van der Waals surface area contributed by atoms with Crippen LogP contribution in [0.25, 0.3) is 11.3 Å². The average Bonchev–Trinajstić information content (AvgIpc) is 2.94. The summed E-state index contributed by atoms with van der Waals surface area (Å²) in [6.07, 6.45) is 2.68. The zero-order valence-electron chi connectivity index (χ0n) is 11.3. The number of nitrogens with zero attached hydrogens (tertiary/aromatic N) is 3. The van der Waals surface area contributed by atoms with Crippen molar-refractivity contribution in [1.82, 2.24) is 14.8 Å². The number of nitrogens with one attached hydrogen (secondary N) is 1. The average molecular weight is 317 g/mol. The van der Waals surface area contributed by atoms with Crippen molar-refractivity contribution in [3.8, 4) is 11.3 Å². The minimum absolute atomic E-state index is 0.0428. The van der Waals surface area contributed by atoms with E-state index in [0.717, 1.165) is 0 Å². The van der Waals surface area contributed by atoms with Crippen molar-refractivity contribution in [1.29, 1.82) is 0 Å². The van der Waals surface area contributed by atoms with Crippen molar-refractivity contribution < 1.29 is 13.9 Å². The van der Waals surface area contributed by atoms with Crippen molar-refractivity contribution in [3.05, 3.63) is 29.7 Å². The third-order valence-corrected chi connectivity index (χ3v) is 3.11. The fraction of sp³-hybridized carbons (Fsp3) is 0.385. The Bertz CT molecular complexity index is 606. The van der Waals surface area contributed by atoms with E-state index in [1.165, 1.54) is 18.5 Å². The van der Waals surface area contributed by atoms with Gasteiger partial charge in [-0.1, -0.05) is 18.5 Å². The molecule has 2 aromatic rings. The van der Waals surface area contributed by atoms with Gasteiger partial charge in [0, 0.05) is 36.8 Å². The van der Waals surface area contributed by atoms with E-state index in [1.54, 1.807) is 6.07 Å². The maximum Gasteiger partial charge on any atom is 0.333 e. The number of aliphatic hydroxyl groups excluding tert-OH is 1. The molecule has 0 aliphatic heterocycles. The van der Waals surface area contributed by atoms with Gasteiger partial charge in [-0.3, -0.25) is 0 Å². The van der Waals surface area contributed by atoms with Crippen molar-refractivity contribution in [2.24, 2.45) is 5.92 Å². The Labute approximate surface area is 125 Å². The summed E-state index contributed by atoms with van der Waals surface area (Å²) < 4.78 is 25.7. The van der Waals surface area contributed by atoms with Gasteiger partial charge in [-0.05, 0) is 18.1 Å². The van der Waals surface area contributed by atoms with E-state index in [2.05, 4.69) is 15.4 Å². The van der Waals surface area contributed by atoms with E-state index < -0.39 is 6.55 Å². The summed E-state index contributed by atoms with van der Waals surface area (Å²) in [5.74, 6) is 0.0448. The molecule has 0 aliphatic carbocycles. The quantitative estimate of drug-likeness (QED) is 0.804. The second-order valence-electron chi connectivity index (χ2n) is 4.68. The van der Waals surface area contributed by atoms with Crippen LogP contribution in [0, 0.1) is 5.92 Å². The van der Waals surface area contributed by atoms with Gasteiger partial charge in [-0.15, -0.1) is 0 Å². The van der Waals surface area contributed by atoms with Crippen LogP contribution in [-0.4, -0.2) is 33.0 Å². The molecule has 1 atom stereocenters. The van der Waals surface area contributed by atoms with Crippen LogP contribution in [-0.2, 0) is 0 Å². The molecule has 0 spiro atoms. The van der Waals surface area contributed by atoms with E-state index in [4.69, 9.17) is 16.7 Å². The molecule has 0 aromatic carbocycles. The van der Waals surface area contributed by atoms with E-state index in [-0.39, 0.29) is 17.7 Å². The molecule has 0 saturated carbocycles. The van der Waals surface area contributed by atoms with Crippen molar-refractivity contribution in [3.63, 3.8) is 0 Å². The zero-order chi connectivity index (χ0) is 15.4. The molecule has 0 radical (unpaired) electrons. The lowest BCUT2D eigenvalue weighted by Crippen LogP contribution is -2.15. The fourth-order valence-electron chi connectivity index (χ4n) is 1.72. The summed E-state index contributed by atoms with van der Waals surface area (Å²) in [6, 6.07) is 3.08. The molecule has 2 aromatic heterocycles. The van der Waals surface area contributed by atoms with Gasteiger partial charge >= 0.3 is 6.55 Å². The van der Waals surface area contributed by atoms with Gasteiger partial charge in [0.2, 0.25) is 0 Å². The first-order valence-corrected chi connectivity index (χ1v) is 6.73. The van der Waals surface area contributed by atoms with Gasteiger partial charge in [0.05, 0.1) is 5.69 Å². The molecular weight excluding hydrogens is 302 g/mol. The zero-order valence-corrected chi connectivity index (χ0v) is 12.1. The molecule has 0 amide bonds. The molecular formula is C13H15ClF2N4O. The molecule has 0 aliphatic rings. The number of aromatic nitrogens is 3. The van der Waals surface area contributed by atoms with E-state index in [1.807, 2.05) is 6.92 Å². The van der Waals surface area contributed by atoms with Gasteiger partial charge in [-0.2, -0.15) is 13.9 Å². The Kier molecular flexibility index (Phi) is 5.08. The predicted molar refractivity (Wildman–Crippen MR) is 76.5 cm³/mol. The SMILES string of the molecule is CC(CO)CNc1cc(Cl)ncc1-c1ccn(C(F)F)n1. The molecule has 8 heteroatoms. The van der Waals surface area contributed by atoms with Crippen molar-refractivity contribution in [2.75, 3.05) is 18.5 Å². The summed E-state index contributed by atoms with van der Waals surface area (Å²) in [5.41, 5.74) is 1.58. The molecule has 2 N–H and O–H groups in total. The number of halogens is 3. The van der Waals surface area contributed by atoms with Crippen LogP contribution in [0.4, 0.5) is 14.5 Å². The van der Waals surface area contributed by atoms with Crippen LogP contribution in [0.3, 0.4) is 0 Å². The third-order valence-electron chi connectivity index (χ3n) is 2.91. The number of alkyl halides is 2. The Morgan fingerprint density at radius 2 is 2.24 bits per heavy atom. The van der Waals surface area contributed by atoms with Crippen LogP contribution >= 0.6 is 11.6 Å². The Morgan fingerprint density at radius 3 is 2.86 bits per heavy atom. The van der Waals surface area contributed by atoms with Gasteiger partial charge < -0.3 is 10.4 Å². The van der Waals surface area contributed by atoms with Crippen LogP contribution < -0.4 is 5.32 Å². The summed E-state index contributed by atoms with van der Waals surface area (Å²) in [6.45, 7) is -0.258. The first-order chi connectivity index (χ1) is 10.0. The Balaban J connectivity index is 2.29. The molecule has 5 nitrogen and oxygen atoms in total. The smallest absolute Gasteiger partial charge is 0.333 e. The number of aliphatic hydroxyl groups is 1. The third kappa shape index (κ3) is 3.89. The van der Waals surface area contributed by atoms with Crippen molar-refractivity contribution >= 4 is 17.3 Å². The highest BCUT2D eigenvalue weighted by Gasteiger charge is 2.13. The maximum absolute atomic E-state index is 12.6. The molecule has 2 rings (SSSR count). The summed E-state index contributed by atoms with van der Waals surface area (Å²) >= 11 is 5.86. The molecule has 2 heterocycles. The molecule has 0 saturated heterocycles. The Hall–Kier alpha value is -1.73. The van der Waals surface area contributed by atoms with Gasteiger partial charge in [0.25, 0.3) is 0 Å². The topological polar surface area (TPSA) is 63.0 Å². The molecule has 0 fully saturated rings. The largest absolute Gasteiger partial charge is 0.396 e. The minimum Gasteiger partial charge on any atom is -0.396 e. The lowest BCUT2D eigenvalue weighted by molar-refractivity contribution is 0.0568.